The van der Waals surface area contributed by atoms with Crippen LogP contribution in [0.2, 0.25) is 0 Å². The van der Waals surface area contributed by atoms with E-state index in [9.17, 15) is 4.79 Å². The summed E-state index contributed by atoms with van der Waals surface area (Å²) in [5.74, 6) is 1.25. The Hall–Kier alpha value is -1.51. The van der Waals surface area contributed by atoms with Crippen LogP contribution >= 0.6 is 0 Å². The van der Waals surface area contributed by atoms with Gasteiger partial charge in [-0.1, -0.05) is 12.1 Å². The van der Waals surface area contributed by atoms with Gasteiger partial charge < -0.3 is 9.47 Å². The maximum Gasteiger partial charge on any atom is 0.210 e. The van der Waals surface area contributed by atoms with Crippen LogP contribution in [0.4, 0.5) is 0 Å². The Bertz CT molecular complexity index is 333. The van der Waals surface area contributed by atoms with E-state index in [1.54, 1.807) is 19.1 Å². The van der Waals surface area contributed by atoms with Crippen LogP contribution in [0, 0.1) is 0 Å². The summed E-state index contributed by atoms with van der Waals surface area (Å²) in [5, 5.41) is 0. The number of ketones is 1. The van der Waals surface area contributed by atoms with Crippen LogP contribution in [0.1, 0.15) is 6.92 Å². The van der Waals surface area contributed by atoms with Gasteiger partial charge in [-0.15, -0.1) is 0 Å². The first-order valence-electron chi connectivity index (χ1n) is 4.18. The summed E-state index contributed by atoms with van der Waals surface area (Å²) in [7, 11) is 0. The van der Waals surface area contributed by atoms with Crippen molar-refractivity contribution in [1.29, 1.82) is 0 Å². The molecule has 1 unspecified atom stereocenters. The Labute approximate surface area is 76.3 Å². The third-order valence-corrected chi connectivity index (χ3v) is 1.98. The molecule has 1 atom stereocenters. The van der Waals surface area contributed by atoms with Gasteiger partial charge in [-0.25, -0.2) is 0 Å². The summed E-state index contributed by atoms with van der Waals surface area (Å²) >= 11 is 0. The van der Waals surface area contributed by atoms with E-state index in [0.29, 0.717) is 11.5 Å². The Kier molecular flexibility index (Phi) is 1.93. The summed E-state index contributed by atoms with van der Waals surface area (Å²) in [6, 6.07) is 7.29. The molecule has 3 heteroatoms. The van der Waals surface area contributed by atoms with Gasteiger partial charge in [-0.05, 0) is 19.1 Å². The van der Waals surface area contributed by atoms with Crippen molar-refractivity contribution < 1.29 is 14.3 Å². The molecule has 0 fully saturated rings. The number of fused-ring (bicyclic) bond motifs is 1. The second kappa shape index (κ2) is 3.09. The molecule has 0 radical (unpaired) electrons. The molecular weight excluding hydrogens is 168 g/mol. The summed E-state index contributed by atoms with van der Waals surface area (Å²) in [6.07, 6.45) is -0.413. The van der Waals surface area contributed by atoms with Crippen molar-refractivity contribution in [3.05, 3.63) is 24.3 Å². The first kappa shape index (κ1) is 8.10. The Morgan fingerprint density at radius 3 is 2.77 bits per heavy atom. The fourth-order valence-electron chi connectivity index (χ4n) is 1.19. The lowest BCUT2D eigenvalue weighted by atomic mass is 10.3. The van der Waals surface area contributed by atoms with Crippen molar-refractivity contribution in [1.82, 2.24) is 0 Å². The standard InChI is InChI=1S/C10H10O3/c1-7-8(11)6-12-9-4-2-3-5-10(9)13-7/h2-5,7H,6H2,1H3. The molecule has 0 aromatic heterocycles. The van der Waals surface area contributed by atoms with Crippen LogP contribution in [0.25, 0.3) is 0 Å². The predicted octanol–water partition coefficient (Wildman–Crippen LogP) is 1.42. The smallest absolute Gasteiger partial charge is 0.210 e. The minimum Gasteiger partial charge on any atom is -0.482 e. The SMILES string of the molecule is CC1Oc2ccccc2OCC1=O. The molecule has 1 heterocycles. The van der Waals surface area contributed by atoms with Crippen molar-refractivity contribution in [3.8, 4) is 11.5 Å². The van der Waals surface area contributed by atoms with E-state index >= 15 is 0 Å². The number of carbonyl (C=O) groups excluding carboxylic acids is 1. The normalized spacial score (nSPS) is 21.0. The van der Waals surface area contributed by atoms with Gasteiger partial charge >= 0.3 is 0 Å². The quantitative estimate of drug-likeness (QED) is 0.602. The van der Waals surface area contributed by atoms with Gasteiger partial charge in [-0.3, -0.25) is 4.79 Å². The lowest BCUT2D eigenvalue weighted by molar-refractivity contribution is -0.126. The van der Waals surface area contributed by atoms with Gasteiger partial charge in [0.2, 0.25) is 5.78 Å². The van der Waals surface area contributed by atoms with Gasteiger partial charge in [0.25, 0.3) is 0 Å². The van der Waals surface area contributed by atoms with Crippen molar-refractivity contribution >= 4 is 5.78 Å². The van der Waals surface area contributed by atoms with Crippen LogP contribution in [0.3, 0.4) is 0 Å². The monoisotopic (exact) mass is 178 g/mol. The van der Waals surface area contributed by atoms with E-state index in [4.69, 9.17) is 9.47 Å². The van der Waals surface area contributed by atoms with Crippen molar-refractivity contribution in [2.45, 2.75) is 13.0 Å². The molecule has 0 spiro atoms. The molecule has 1 aliphatic rings. The Morgan fingerprint density at radius 2 is 2.00 bits per heavy atom. The zero-order valence-electron chi connectivity index (χ0n) is 7.32. The van der Waals surface area contributed by atoms with Crippen LogP contribution in [-0.4, -0.2) is 18.5 Å². The first-order valence-corrected chi connectivity index (χ1v) is 4.18. The topological polar surface area (TPSA) is 35.5 Å². The van der Waals surface area contributed by atoms with Gasteiger partial charge in [0.1, 0.15) is 0 Å². The van der Waals surface area contributed by atoms with Crippen LogP contribution in [0.15, 0.2) is 24.3 Å². The van der Waals surface area contributed by atoms with Crippen molar-refractivity contribution in [2.75, 3.05) is 6.61 Å². The molecule has 0 saturated heterocycles. The summed E-state index contributed by atoms with van der Waals surface area (Å²) in [6.45, 7) is 1.83. The van der Waals surface area contributed by atoms with Crippen LogP contribution in [-0.2, 0) is 4.79 Å². The third-order valence-electron chi connectivity index (χ3n) is 1.98. The predicted molar refractivity (Wildman–Crippen MR) is 47.0 cm³/mol. The number of Topliss-reactive ketones (excluding diaryl/α,β-unsaturated/α-hetero) is 1. The molecule has 3 nitrogen and oxygen atoms in total. The lowest BCUT2D eigenvalue weighted by Crippen LogP contribution is -2.25. The van der Waals surface area contributed by atoms with E-state index in [0.717, 1.165) is 0 Å². The van der Waals surface area contributed by atoms with E-state index < -0.39 is 6.10 Å². The Balaban J connectivity index is 2.35. The first-order chi connectivity index (χ1) is 6.27. The largest absolute Gasteiger partial charge is 0.482 e. The molecule has 68 valence electrons. The summed E-state index contributed by atoms with van der Waals surface area (Å²) in [5.41, 5.74) is 0. The van der Waals surface area contributed by atoms with E-state index in [-0.39, 0.29) is 12.4 Å². The van der Waals surface area contributed by atoms with Gasteiger partial charge in [0.05, 0.1) is 0 Å². The highest BCUT2D eigenvalue weighted by Crippen LogP contribution is 2.29. The van der Waals surface area contributed by atoms with E-state index in [1.807, 2.05) is 12.1 Å². The summed E-state index contributed by atoms with van der Waals surface area (Å²) in [4.78, 5) is 11.2. The van der Waals surface area contributed by atoms with E-state index in [1.165, 1.54) is 0 Å². The number of rotatable bonds is 0. The zero-order valence-corrected chi connectivity index (χ0v) is 7.32. The van der Waals surface area contributed by atoms with Gasteiger partial charge in [0.15, 0.2) is 24.2 Å². The number of para-hydroxylation sites is 2. The highest BCUT2D eigenvalue weighted by molar-refractivity contribution is 5.85. The van der Waals surface area contributed by atoms with Crippen molar-refractivity contribution in [3.63, 3.8) is 0 Å². The molecule has 0 aliphatic carbocycles. The van der Waals surface area contributed by atoms with Crippen molar-refractivity contribution in [2.24, 2.45) is 0 Å². The molecule has 0 bridgehead atoms. The minimum atomic E-state index is -0.413. The van der Waals surface area contributed by atoms with Crippen LogP contribution in [0.5, 0.6) is 11.5 Å². The average molecular weight is 178 g/mol. The second-order valence-electron chi connectivity index (χ2n) is 2.96. The molecule has 0 amide bonds. The maximum absolute atomic E-state index is 11.2. The second-order valence-corrected chi connectivity index (χ2v) is 2.96. The molecule has 0 N–H and O–H groups in total. The molecule has 1 aliphatic heterocycles. The fourth-order valence-corrected chi connectivity index (χ4v) is 1.19. The number of carbonyl (C=O) groups is 1. The molecule has 1 aromatic carbocycles. The van der Waals surface area contributed by atoms with Gasteiger partial charge in [0, 0.05) is 0 Å². The molecule has 13 heavy (non-hydrogen) atoms. The highest BCUT2D eigenvalue weighted by Gasteiger charge is 2.21. The minimum absolute atomic E-state index is 0.0313. The average Bonchev–Trinajstić information content (AvgIpc) is 2.28. The van der Waals surface area contributed by atoms with Gasteiger partial charge in [-0.2, -0.15) is 0 Å². The third kappa shape index (κ3) is 1.49. The number of ether oxygens (including phenoxy) is 2. The molecular formula is C10H10O3. The zero-order chi connectivity index (χ0) is 9.26. The Morgan fingerprint density at radius 1 is 1.31 bits per heavy atom. The molecule has 2 rings (SSSR count). The maximum atomic E-state index is 11.2. The lowest BCUT2D eigenvalue weighted by Gasteiger charge is -2.08. The fraction of sp³-hybridized carbons (Fsp3) is 0.300. The van der Waals surface area contributed by atoms with E-state index in [2.05, 4.69) is 0 Å². The van der Waals surface area contributed by atoms with Crippen LogP contribution < -0.4 is 9.47 Å². The number of hydrogen-bond acceptors (Lipinski definition) is 3. The number of hydrogen-bond donors (Lipinski definition) is 0. The number of benzene rings is 1. The highest BCUT2D eigenvalue weighted by atomic mass is 16.5. The molecule has 0 saturated carbocycles. The molecule has 1 aromatic rings. The summed E-state index contributed by atoms with van der Waals surface area (Å²) < 4.78 is 10.7.